The van der Waals surface area contributed by atoms with Crippen LogP contribution in [0, 0.1) is 6.92 Å². The van der Waals surface area contributed by atoms with E-state index in [1.54, 1.807) is 24.3 Å². The van der Waals surface area contributed by atoms with Crippen molar-refractivity contribution in [1.82, 2.24) is 10.3 Å². The van der Waals surface area contributed by atoms with Crippen LogP contribution in [0.3, 0.4) is 0 Å². The minimum Gasteiger partial charge on any atom is -0.495 e. The van der Waals surface area contributed by atoms with E-state index >= 15 is 0 Å². The first-order chi connectivity index (χ1) is 28.4. The van der Waals surface area contributed by atoms with Crippen LogP contribution < -0.4 is 15.1 Å². The molecule has 2 unspecified atom stereocenters. The molecule has 0 radical (unpaired) electrons. The number of phosphoric acid groups is 1. The summed E-state index contributed by atoms with van der Waals surface area (Å²) in [6.45, 7) is 7.82. The minimum atomic E-state index is -5.05. The summed E-state index contributed by atoms with van der Waals surface area (Å²) in [6.07, 6.45) is 22.3. The van der Waals surface area contributed by atoms with E-state index in [1.165, 1.54) is 115 Å². The second kappa shape index (κ2) is 25.1. The van der Waals surface area contributed by atoms with Crippen molar-refractivity contribution in [3.8, 4) is 5.75 Å². The molecule has 1 heterocycles. The summed E-state index contributed by atoms with van der Waals surface area (Å²) in [6, 6.07) is 21.8. The van der Waals surface area contributed by atoms with Crippen LogP contribution in [0.4, 0.5) is 5.69 Å². The summed E-state index contributed by atoms with van der Waals surface area (Å²) < 4.78 is 40.7. The number of fused-ring (bicyclic) bond motifs is 1. The van der Waals surface area contributed by atoms with Crippen LogP contribution in [0.2, 0.25) is 0 Å². The number of nitrogens with zero attached hydrogens (tertiary/aromatic N) is 1. The Morgan fingerprint density at radius 2 is 1.34 bits per heavy atom. The molecule has 0 saturated heterocycles. The zero-order valence-electron chi connectivity index (χ0n) is 35.3. The third kappa shape index (κ3) is 17.0. The van der Waals surface area contributed by atoms with Gasteiger partial charge in [0.1, 0.15) is 5.75 Å². The van der Waals surface area contributed by atoms with Gasteiger partial charge in [0.05, 0.1) is 24.9 Å². The van der Waals surface area contributed by atoms with Crippen LogP contribution in [0.1, 0.15) is 142 Å². The summed E-state index contributed by atoms with van der Waals surface area (Å²) in [5.74, 6) is -0.200. The molecule has 0 aliphatic carbocycles. The van der Waals surface area contributed by atoms with Crippen molar-refractivity contribution in [2.75, 3.05) is 25.3 Å². The Morgan fingerprint density at radius 1 is 0.763 bits per heavy atom. The van der Waals surface area contributed by atoms with Crippen molar-refractivity contribution in [3.63, 3.8) is 0 Å². The number of anilines is 1. The van der Waals surface area contributed by atoms with Crippen LogP contribution in [0.15, 0.2) is 79.4 Å². The SMILES string of the molecule is C=C(c1ccc(OC)c(NP(=O)(O)OP(=O)(O)OCCNC(=O)c2ccc(CCCCCCCCCCCCCCCCCC)cc2)c1)c1cc(C)nc2ccccc12. The average molecular weight is 850 g/mol. The quantitative estimate of drug-likeness (QED) is 0.0306. The van der Waals surface area contributed by atoms with Gasteiger partial charge in [-0.25, -0.2) is 9.13 Å². The number of benzene rings is 3. The molecule has 0 saturated carbocycles. The van der Waals surface area contributed by atoms with E-state index in [0.717, 1.165) is 35.0 Å². The van der Waals surface area contributed by atoms with E-state index in [4.69, 9.17) is 9.26 Å². The summed E-state index contributed by atoms with van der Waals surface area (Å²) in [4.78, 5) is 38.1. The number of para-hydroxylation sites is 1. The highest BCUT2D eigenvalue weighted by atomic mass is 31.3. The number of hydrogen-bond donors (Lipinski definition) is 4. The van der Waals surface area contributed by atoms with Crippen molar-refractivity contribution < 1.29 is 37.3 Å². The van der Waals surface area contributed by atoms with Gasteiger partial charge in [-0.15, -0.1) is 0 Å². The molecule has 1 amide bonds. The van der Waals surface area contributed by atoms with Gasteiger partial charge in [-0.3, -0.25) is 19.4 Å². The number of rotatable bonds is 29. The molecule has 0 fully saturated rings. The average Bonchev–Trinajstić information content (AvgIpc) is 3.21. The van der Waals surface area contributed by atoms with E-state index in [-0.39, 0.29) is 23.9 Å². The molecule has 0 aliphatic rings. The molecule has 0 aliphatic heterocycles. The number of pyridine rings is 1. The monoisotopic (exact) mass is 849 g/mol. The number of aromatic nitrogens is 1. The highest BCUT2D eigenvalue weighted by Crippen LogP contribution is 2.60. The molecule has 13 heteroatoms. The highest BCUT2D eigenvalue weighted by Gasteiger charge is 2.35. The molecule has 322 valence electrons. The van der Waals surface area contributed by atoms with Gasteiger partial charge in [-0.2, -0.15) is 4.31 Å². The predicted molar refractivity (Wildman–Crippen MR) is 240 cm³/mol. The number of amides is 1. The van der Waals surface area contributed by atoms with Crippen molar-refractivity contribution in [2.45, 2.75) is 123 Å². The first kappa shape index (κ1) is 47.9. The lowest BCUT2D eigenvalue weighted by Gasteiger charge is -2.20. The Labute approximate surface area is 351 Å². The van der Waals surface area contributed by atoms with Gasteiger partial charge in [0.15, 0.2) is 0 Å². The van der Waals surface area contributed by atoms with Gasteiger partial charge in [-0.1, -0.05) is 146 Å². The number of ether oxygens (including phenoxy) is 1. The summed E-state index contributed by atoms with van der Waals surface area (Å²) in [7, 11) is -8.66. The Kier molecular flexibility index (Phi) is 20.3. The third-order valence-electron chi connectivity index (χ3n) is 10.4. The number of phosphoric ester groups is 1. The fourth-order valence-electron chi connectivity index (χ4n) is 7.16. The maximum absolute atomic E-state index is 13.1. The molecule has 59 heavy (non-hydrogen) atoms. The Hall–Kier alpha value is -3.82. The highest BCUT2D eigenvalue weighted by molar-refractivity contribution is 7.64. The lowest BCUT2D eigenvalue weighted by molar-refractivity contribution is 0.0941. The molecule has 0 spiro atoms. The number of methoxy groups -OCH3 is 1. The number of unbranched alkanes of at least 4 members (excludes halogenated alkanes) is 15. The molecule has 11 nitrogen and oxygen atoms in total. The number of aryl methyl sites for hydroxylation is 2. The van der Waals surface area contributed by atoms with E-state index < -0.39 is 22.2 Å². The lowest BCUT2D eigenvalue weighted by Crippen LogP contribution is -2.27. The predicted octanol–water partition coefficient (Wildman–Crippen LogP) is 12.5. The van der Waals surface area contributed by atoms with Crippen LogP contribution >= 0.6 is 15.6 Å². The molecule has 1 aromatic heterocycles. The zero-order valence-corrected chi connectivity index (χ0v) is 37.0. The smallest absolute Gasteiger partial charge is 0.480 e. The third-order valence-corrected chi connectivity index (χ3v) is 13.1. The first-order valence-electron chi connectivity index (χ1n) is 21.3. The number of nitrogens with one attached hydrogen (secondary N) is 2. The van der Waals surface area contributed by atoms with Crippen LogP contribution in [0.5, 0.6) is 5.75 Å². The summed E-state index contributed by atoms with van der Waals surface area (Å²) in [5.41, 5.74) is 5.26. The number of carbonyl (C=O) groups is 1. The lowest BCUT2D eigenvalue weighted by atomic mass is 9.95. The molecule has 3 aromatic carbocycles. The number of hydrogen-bond acceptors (Lipinski definition) is 7. The molecular weight excluding hydrogens is 784 g/mol. The second-order valence-corrected chi connectivity index (χ2v) is 18.4. The van der Waals surface area contributed by atoms with E-state index in [2.05, 4.69) is 33.2 Å². The Balaban J connectivity index is 1.12. The van der Waals surface area contributed by atoms with Gasteiger partial charge < -0.3 is 19.8 Å². The molecule has 2 atom stereocenters. The molecule has 4 aromatic rings. The van der Waals surface area contributed by atoms with Crippen LogP contribution in [-0.2, 0) is 24.4 Å². The molecule has 0 bridgehead atoms. The largest absolute Gasteiger partial charge is 0.495 e. The minimum absolute atomic E-state index is 0.0235. The normalized spacial score (nSPS) is 13.4. The van der Waals surface area contributed by atoms with Gasteiger partial charge in [-0.05, 0) is 78.4 Å². The van der Waals surface area contributed by atoms with Crippen LogP contribution in [0.25, 0.3) is 16.5 Å². The Morgan fingerprint density at radius 3 is 1.95 bits per heavy atom. The molecule has 4 N–H and O–H groups in total. The summed E-state index contributed by atoms with van der Waals surface area (Å²) >= 11 is 0. The fraction of sp³-hybridized carbons (Fsp3) is 0.478. The molecular formula is C46H65N3O8P2. The van der Waals surface area contributed by atoms with Crippen molar-refractivity contribution in [1.29, 1.82) is 0 Å². The maximum atomic E-state index is 13.1. The summed E-state index contributed by atoms with van der Waals surface area (Å²) in [5, 5.41) is 5.80. The van der Waals surface area contributed by atoms with Gasteiger partial charge in [0.25, 0.3) is 5.91 Å². The van der Waals surface area contributed by atoms with Crippen molar-refractivity contribution in [3.05, 3.63) is 107 Å². The van der Waals surface area contributed by atoms with E-state index in [0.29, 0.717) is 16.7 Å². The van der Waals surface area contributed by atoms with Crippen molar-refractivity contribution >= 4 is 43.6 Å². The fourth-order valence-corrected chi connectivity index (χ4v) is 9.43. The molecule has 4 rings (SSSR count). The van der Waals surface area contributed by atoms with E-state index in [9.17, 15) is 23.7 Å². The van der Waals surface area contributed by atoms with Gasteiger partial charge in [0, 0.05) is 23.2 Å². The number of carbonyl (C=O) groups excluding carboxylic acids is 1. The topological polar surface area (TPSA) is 156 Å². The van der Waals surface area contributed by atoms with E-state index in [1.807, 2.05) is 49.4 Å². The standard InChI is InChI=1S/C46H65N3O8P2/c1-5-6-7-8-9-10-11-12-13-14-15-16-17-18-19-20-23-38-26-28-39(29-27-38)46(50)47-32-33-56-59(53,54)57-58(51,52)49-44-35-40(30-31-45(44)55-4)37(3)42-34-36(2)48-43-25-22-21-24-41(42)43/h21-22,24-31,34-35H,3,5-20,23,32-33H2,1-2,4H3,(H,47,50)(H,53,54)(H2,49,51,52). The zero-order chi connectivity index (χ0) is 42.5. The van der Waals surface area contributed by atoms with Gasteiger partial charge in [0.2, 0.25) is 0 Å². The maximum Gasteiger partial charge on any atom is 0.480 e. The van der Waals surface area contributed by atoms with Crippen molar-refractivity contribution in [2.24, 2.45) is 0 Å². The first-order valence-corrected chi connectivity index (χ1v) is 24.4. The Bertz CT molecular complexity index is 2020. The second-order valence-electron chi connectivity index (χ2n) is 15.2. The van der Waals surface area contributed by atoms with Gasteiger partial charge >= 0.3 is 15.6 Å². The van der Waals surface area contributed by atoms with Crippen LogP contribution in [-0.4, -0.2) is 40.9 Å².